The molecular weight excluding hydrogens is 534 g/mol. The second kappa shape index (κ2) is 12.1. The van der Waals surface area contributed by atoms with Gasteiger partial charge in [0.05, 0.1) is 30.6 Å². The van der Waals surface area contributed by atoms with Crippen molar-refractivity contribution in [1.82, 2.24) is 14.9 Å². The van der Waals surface area contributed by atoms with Crippen LogP contribution in [0.1, 0.15) is 47.2 Å². The summed E-state index contributed by atoms with van der Waals surface area (Å²) in [5.74, 6) is 0.272. The monoisotopic (exact) mass is 569 g/mol. The van der Waals surface area contributed by atoms with Crippen LogP contribution in [0, 0.1) is 13.8 Å². The molecule has 2 aromatic heterocycles. The van der Waals surface area contributed by atoms with Crippen LogP contribution in [0.5, 0.6) is 5.75 Å². The van der Waals surface area contributed by atoms with Crippen LogP contribution in [0.25, 0.3) is 5.69 Å². The normalized spacial score (nSPS) is 16.5. The van der Waals surface area contributed by atoms with E-state index < -0.39 is 0 Å². The van der Waals surface area contributed by atoms with E-state index in [1.54, 1.807) is 13.3 Å². The van der Waals surface area contributed by atoms with E-state index in [1.807, 2.05) is 36.4 Å². The van der Waals surface area contributed by atoms with E-state index in [-0.39, 0.29) is 24.6 Å². The minimum Gasteiger partial charge on any atom is -0.495 e. The molecule has 0 bridgehead atoms. The fourth-order valence-corrected chi connectivity index (χ4v) is 5.92. The zero-order valence-corrected chi connectivity index (χ0v) is 24.8. The summed E-state index contributed by atoms with van der Waals surface area (Å²) in [7, 11) is 3.06. The molecule has 0 unspecified atom stereocenters. The third-order valence-corrected chi connectivity index (χ3v) is 7.82. The molecule has 8 nitrogen and oxygen atoms in total. The second-order valence-electron chi connectivity index (χ2n) is 10.0. The molecule has 3 heterocycles. The molecule has 9 heteroatoms. The van der Waals surface area contributed by atoms with Crippen molar-refractivity contribution in [3.05, 3.63) is 101 Å². The molecule has 2 aromatic carbocycles. The highest BCUT2D eigenvalue weighted by Crippen LogP contribution is 2.45. The number of aromatic nitrogens is 2. The van der Waals surface area contributed by atoms with Gasteiger partial charge in [0.1, 0.15) is 12.4 Å². The highest BCUT2D eigenvalue weighted by molar-refractivity contribution is 7.80. The third-order valence-electron chi connectivity index (χ3n) is 7.50. The molecule has 1 aliphatic rings. The van der Waals surface area contributed by atoms with Crippen LogP contribution in [-0.4, -0.2) is 41.4 Å². The van der Waals surface area contributed by atoms with Crippen LogP contribution in [0.4, 0.5) is 11.4 Å². The molecule has 2 atom stereocenters. The van der Waals surface area contributed by atoms with Crippen LogP contribution in [-0.2, 0) is 16.0 Å². The summed E-state index contributed by atoms with van der Waals surface area (Å²) in [6.45, 7) is 6.37. The van der Waals surface area contributed by atoms with Crippen molar-refractivity contribution in [2.75, 3.05) is 31.0 Å². The van der Waals surface area contributed by atoms with Crippen LogP contribution in [0.15, 0.2) is 72.9 Å². The van der Waals surface area contributed by atoms with Gasteiger partial charge in [-0.3, -0.25) is 9.78 Å². The first-order chi connectivity index (χ1) is 19.9. The van der Waals surface area contributed by atoms with Crippen molar-refractivity contribution in [2.45, 2.75) is 39.3 Å². The van der Waals surface area contributed by atoms with Crippen LogP contribution in [0.3, 0.4) is 0 Å². The maximum Gasteiger partial charge on any atom is 0.250 e. The quantitative estimate of drug-likeness (QED) is 0.246. The Morgan fingerprint density at radius 2 is 1.80 bits per heavy atom. The van der Waals surface area contributed by atoms with E-state index in [1.165, 1.54) is 12.7 Å². The summed E-state index contributed by atoms with van der Waals surface area (Å²) in [5, 5.41) is 7.00. The van der Waals surface area contributed by atoms with E-state index in [0.29, 0.717) is 16.5 Å². The molecule has 0 radical (unpaired) electrons. The Hall–Kier alpha value is -4.21. The highest BCUT2D eigenvalue weighted by Gasteiger charge is 2.42. The summed E-state index contributed by atoms with van der Waals surface area (Å²) in [5.41, 5.74) is 8.04. The number of pyridine rings is 1. The average Bonchev–Trinajstić information content (AvgIpc) is 3.48. The Balaban J connectivity index is 1.63. The number of nitrogens with one attached hydrogen (secondary N) is 2. The molecule has 0 spiro atoms. The first kappa shape index (κ1) is 28.3. The Morgan fingerprint density at radius 1 is 1.05 bits per heavy atom. The number of carbonyl (C=O) groups is 1. The molecule has 1 aliphatic heterocycles. The second-order valence-corrected chi connectivity index (χ2v) is 10.4. The van der Waals surface area contributed by atoms with Gasteiger partial charge < -0.3 is 29.6 Å². The number of ether oxygens (including phenoxy) is 2. The predicted molar refractivity (Wildman–Crippen MR) is 166 cm³/mol. The molecule has 1 fully saturated rings. The molecular formula is C32H35N5O3S. The standard InChI is InChI=1S/C32H35N5O3S/c1-6-22-10-12-23(13-11-22)36-20(2)17-25(21(36)3)31-30(26-9-7-8-16-33-26)35-32(41)37(31)24-14-15-28(40-5)27(18-24)34-29(38)19-39-4/h7-18,30-31H,6,19H2,1-5H3,(H,34,38)(H,35,41)/t30-,31-/m0/s1. The van der Waals surface area contributed by atoms with Gasteiger partial charge in [-0.1, -0.05) is 25.1 Å². The van der Waals surface area contributed by atoms with Crippen LogP contribution >= 0.6 is 12.2 Å². The summed E-state index contributed by atoms with van der Waals surface area (Å²) < 4.78 is 12.8. The molecule has 41 heavy (non-hydrogen) atoms. The molecule has 1 saturated heterocycles. The summed E-state index contributed by atoms with van der Waals surface area (Å²) in [6.07, 6.45) is 2.80. The number of hydrogen-bond donors (Lipinski definition) is 2. The first-order valence-electron chi connectivity index (χ1n) is 13.6. The van der Waals surface area contributed by atoms with Gasteiger partial charge in [-0.2, -0.15) is 0 Å². The summed E-state index contributed by atoms with van der Waals surface area (Å²) in [6, 6.07) is 22.1. The number of hydrogen-bond acceptors (Lipinski definition) is 5. The van der Waals surface area contributed by atoms with Crippen molar-refractivity contribution in [1.29, 1.82) is 0 Å². The summed E-state index contributed by atoms with van der Waals surface area (Å²) in [4.78, 5) is 19.2. The number of aryl methyl sites for hydroxylation is 2. The summed E-state index contributed by atoms with van der Waals surface area (Å²) >= 11 is 5.96. The van der Waals surface area contributed by atoms with E-state index in [9.17, 15) is 4.79 Å². The van der Waals surface area contributed by atoms with Gasteiger partial charge in [-0.15, -0.1) is 0 Å². The highest BCUT2D eigenvalue weighted by atomic mass is 32.1. The van der Waals surface area contributed by atoms with Gasteiger partial charge in [-0.05, 0) is 92.1 Å². The number of benzene rings is 2. The lowest BCUT2D eigenvalue weighted by Gasteiger charge is -2.29. The maximum atomic E-state index is 12.4. The molecule has 1 amide bonds. The van der Waals surface area contributed by atoms with Gasteiger partial charge in [0, 0.05) is 36.1 Å². The van der Waals surface area contributed by atoms with E-state index in [2.05, 4.69) is 71.2 Å². The molecule has 212 valence electrons. The number of thiocarbonyl (C=S) groups is 1. The lowest BCUT2D eigenvalue weighted by molar-refractivity contribution is -0.119. The van der Waals surface area contributed by atoms with Crippen molar-refractivity contribution in [3.63, 3.8) is 0 Å². The lowest BCUT2D eigenvalue weighted by atomic mass is 9.96. The molecule has 4 aromatic rings. The van der Waals surface area contributed by atoms with Crippen molar-refractivity contribution < 1.29 is 14.3 Å². The number of anilines is 2. The zero-order chi connectivity index (χ0) is 29.1. The minimum absolute atomic E-state index is 0.0628. The van der Waals surface area contributed by atoms with E-state index >= 15 is 0 Å². The molecule has 2 N–H and O–H groups in total. The first-order valence-corrected chi connectivity index (χ1v) is 14.0. The van der Waals surface area contributed by atoms with Gasteiger partial charge in [0.25, 0.3) is 0 Å². The minimum atomic E-state index is -0.273. The van der Waals surface area contributed by atoms with Crippen LogP contribution in [0.2, 0.25) is 0 Å². The SMILES string of the molecule is CCc1ccc(-n2c(C)cc([C@H]3[C@H](c4ccccn4)NC(=S)N3c3ccc(OC)c(NC(=O)COC)c3)c2C)cc1. The Labute approximate surface area is 246 Å². The molecule has 5 rings (SSSR count). The van der Waals surface area contributed by atoms with Crippen molar-refractivity contribution >= 4 is 34.6 Å². The number of carbonyl (C=O) groups excluding carboxylic acids is 1. The smallest absolute Gasteiger partial charge is 0.250 e. The largest absolute Gasteiger partial charge is 0.495 e. The zero-order valence-electron chi connectivity index (χ0n) is 24.0. The topological polar surface area (TPSA) is 80.7 Å². The maximum absolute atomic E-state index is 12.4. The number of methoxy groups -OCH3 is 2. The Bertz CT molecular complexity index is 1550. The van der Waals surface area contributed by atoms with Crippen LogP contribution < -0.4 is 20.3 Å². The van der Waals surface area contributed by atoms with Crippen molar-refractivity contribution in [2.24, 2.45) is 0 Å². The van der Waals surface area contributed by atoms with Crippen molar-refractivity contribution in [3.8, 4) is 11.4 Å². The van der Waals surface area contributed by atoms with Gasteiger partial charge >= 0.3 is 0 Å². The predicted octanol–water partition coefficient (Wildman–Crippen LogP) is 5.82. The fraction of sp³-hybridized carbons (Fsp3) is 0.281. The number of amides is 1. The third kappa shape index (κ3) is 5.55. The molecule has 0 saturated carbocycles. The van der Waals surface area contributed by atoms with E-state index in [4.69, 9.17) is 26.7 Å². The van der Waals surface area contributed by atoms with E-state index in [0.717, 1.165) is 40.4 Å². The fourth-order valence-electron chi connectivity index (χ4n) is 5.57. The van der Waals surface area contributed by atoms with Gasteiger partial charge in [0.2, 0.25) is 5.91 Å². The molecule has 0 aliphatic carbocycles. The van der Waals surface area contributed by atoms with Gasteiger partial charge in [0.15, 0.2) is 5.11 Å². The lowest BCUT2D eigenvalue weighted by Crippen LogP contribution is -2.29. The number of nitrogens with zero attached hydrogens (tertiary/aromatic N) is 3. The number of rotatable bonds is 9. The Morgan fingerprint density at radius 3 is 2.46 bits per heavy atom. The Kier molecular flexibility index (Phi) is 8.37. The van der Waals surface area contributed by atoms with Gasteiger partial charge in [-0.25, -0.2) is 0 Å². The average molecular weight is 570 g/mol.